The van der Waals surface area contributed by atoms with Gasteiger partial charge < -0.3 is 15.4 Å². The molecular formula is C20H20N4O2. The van der Waals surface area contributed by atoms with E-state index >= 15 is 0 Å². The summed E-state index contributed by atoms with van der Waals surface area (Å²) < 4.78 is 5.53. The van der Waals surface area contributed by atoms with Crippen LogP contribution in [0.1, 0.15) is 23.0 Å². The maximum absolute atomic E-state index is 12.5. The Kier molecular flexibility index (Phi) is 5.77. The van der Waals surface area contributed by atoms with Crippen molar-refractivity contribution in [1.82, 2.24) is 9.97 Å². The third-order valence-electron chi connectivity index (χ3n) is 3.65. The number of amides is 1. The zero-order valence-corrected chi connectivity index (χ0v) is 14.5. The third kappa shape index (κ3) is 4.57. The second-order valence-corrected chi connectivity index (χ2v) is 5.51. The smallest absolute Gasteiger partial charge is 0.274 e. The van der Waals surface area contributed by atoms with Gasteiger partial charge in [-0.25, -0.2) is 9.97 Å². The fourth-order valence-electron chi connectivity index (χ4n) is 2.40. The molecule has 0 aliphatic carbocycles. The second kappa shape index (κ2) is 8.62. The normalized spacial score (nSPS) is 10.2. The van der Waals surface area contributed by atoms with Crippen LogP contribution in [0.3, 0.4) is 0 Å². The van der Waals surface area contributed by atoms with Crippen LogP contribution in [0.5, 0.6) is 5.75 Å². The van der Waals surface area contributed by atoms with Crippen molar-refractivity contribution in [1.29, 1.82) is 0 Å². The van der Waals surface area contributed by atoms with Gasteiger partial charge in [0.25, 0.3) is 5.91 Å². The zero-order chi connectivity index (χ0) is 18.2. The molecule has 0 saturated heterocycles. The lowest BCUT2D eigenvalue weighted by Crippen LogP contribution is -2.15. The lowest BCUT2D eigenvalue weighted by molar-refractivity contribution is 0.102. The van der Waals surface area contributed by atoms with Gasteiger partial charge in [-0.15, -0.1) is 0 Å². The number of rotatable bonds is 7. The number of benzene rings is 2. The van der Waals surface area contributed by atoms with Crippen molar-refractivity contribution in [3.05, 3.63) is 78.2 Å². The number of anilines is 2. The predicted octanol–water partition coefficient (Wildman–Crippen LogP) is 3.74. The van der Waals surface area contributed by atoms with Gasteiger partial charge in [0.1, 0.15) is 23.6 Å². The highest BCUT2D eigenvalue weighted by Gasteiger charge is 2.12. The van der Waals surface area contributed by atoms with Gasteiger partial charge >= 0.3 is 0 Å². The Morgan fingerprint density at radius 2 is 1.81 bits per heavy atom. The SMILES string of the molecule is CCOc1ccccc1NC(=O)c1cc(NCc2ccccc2)ncn1. The Bertz CT molecular complexity index is 868. The predicted molar refractivity (Wildman–Crippen MR) is 101 cm³/mol. The zero-order valence-electron chi connectivity index (χ0n) is 14.5. The highest BCUT2D eigenvalue weighted by molar-refractivity contribution is 6.04. The van der Waals surface area contributed by atoms with Gasteiger partial charge in [0.05, 0.1) is 12.3 Å². The van der Waals surface area contributed by atoms with Crippen LogP contribution in [-0.2, 0) is 6.54 Å². The number of nitrogens with one attached hydrogen (secondary N) is 2. The van der Waals surface area contributed by atoms with Gasteiger partial charge in [0.15, 0.2) is 0 Å². The van der Waals surface area contributed by atoms with Gasteiger partial charge in [-0.2, -0.15) is 0 Å². The Labute approximate surface area is 152 Å². The van der Waals surface area contributed by atoms with Crippen molar-refractivity contribution in [3.63, 3.8) is 0 Å². The lowest BCUT2D eigenvalue weighted by atomic mass is 10.2. The van der Waals surface area contributed by atoms with E-state index in [2.05, 4.69) is 20.6 Å². The minimum absolute atomic E-state index is 0.280. The summed E-state index contributed by atoms with van der Waals surface area (Å²) in [6.45, 7) is 3.04. The van der Waals surface area contributed by atoms with E-state index in [1.807, 2.05) is 55.5 Å². The molecule has 2 N–H and O–H groups in total. The van der Waals surface area contributed by atoms with E-state index in [4.69, 9.17) is 4.74 Å². The monoisotopic (exact) mass is 348 g/mol. The van der Waals surface area contributed by atoms with Crippen LogP contribution >= 0.6 is 0 Å². The average Bonchev–Trinajstić information content (AvgIpc) is 2.69. The number of carbonyl (C=O) groups excluding carboxylic acids is 1. The molecular weight excluding hydrogens is 328 g/mol. The maximum atomic E-state index is 12.5. The van der Waals surface area contributed by atoms with Gasteiger partial charge in [0, 0.05) is 12.6 Å². The minimum atomic E-state index is -0.317. The van der Waals surface area contributed by atoms with E-state index in [0.29, 0.717) is 30.4 Å². The molecule has 1 amide bonds. The van der Waals surface area contributed by atoms with E-state index in [0.717, 1.165) is 5.56 Å². The van der Waals surface area contributed by atoms with Crippen molar-refractivity contribution in [2.75, 3.05) is 17.2 Å². The fraction of sp³-hybridized carbons (Fsp3) is 0.150. The fourth-order valence-corrected chi connectivity index (χ4v) is 2.40. The number of para-hydroxylation sites is 2. The molecule has 0 aliphatic heterocycles. The number of hydrogen-bond acceptors (Lipinski definition) is 5. The molecule has 0 fully saturated rings. The van der Waals surface area contributed by atoms with E-state index in [1.54, 1.807) is 12.1 Å². The first-order chi connectivity index (χ1) is 12.8. The summed E-state index contributed by atoms with van der Waals surface area (Å²) in [5.74, 6) is 0.897. The first-order valence-electron chi connectivity index (χ1n) is 8.39. The molecule has 0 unspecified atom stereocenters. The summed E-state index contributed by atoms with van der Waals surface area (Å²) in [5, 5.41) is 6.03. The maximum Gasteiger partial charge on any atom is 0.274 e. The molecule has 0 saturated carbocycles. The molecule has 0 bridgehead atoms. The van der Waals surface area contributed by atoms with Crippen LogP contribution in [0.25, 0.3) is 0 Å². The molecule has 2 aromatic carbocycles. The number of ether oxygens (including phenoxy) is 1. The first kappa shape index (κ1) is 17.4. The number of nitrogens with zero attached hydrogens (tertiary/aromatic N) is 2. The van der Waals surface area contributed by atoms with Gasteiger partial charge in [0.2, 0.25) is 0 Å². The molecule has 0 aliphatic rings. The van der Waals surface area contributed by atoms with E-state index in [1.165, 1.54) is 6.33 Å². The van der Waals surface area contributed by atoms with Crippen molar-refractivity contribution in [3.8, 4) is 5.75 Å². The molecule has 3 rings (SSSR count). The van der Waals surface area contributed by atoms with Crippen LogP contribution in [0.15, 0.2) is 67.0 Å². The molecule has 1 aromatic heterocycles. The van der Waals surface area contributed by atoms with Crippen LogP contribution < -0.4 is 15.4 Å². The van der Waals surface area contributed by atoms with E-state index in [9.17, 15) is 4.79 Å². The van der Waals surface area contributed by atoms with Crippen molar-refractivity contribution >= 4 is 17.4 Å². The molecule has 0 atom stereocenters. The summed E-state index contributed by atoms with van der Waals surface area (Å²) in [6.07, 6.45) is 1.37. The quantitative estimate of drug-likeness (QED) is 0.680. The topological polar surface area (TPSA) is 76.1 Å². The van der Waals surface area contributed by atoms with Crippen LogP contribution in [0.4, 0.5) is 11.5 Å². The van der Waals surface area contributed by atoms with Crippen molar-refractivity contribution in [2.45, 2.75) is 13.5 Å². The third-order valence-corrected chi connectivity index (χ3v) is 3.65. The Morgan fingerprint density at radius 3 is 2.62 bits per heavy atom. The van der Waals surface area contributed by atoms with Crippen molar-refractivity contribution in [2.24, 2.45) is 0 Å². The minimum Gasteiger partial charge on any atom is -0.492 e. The van der Waals surface area contributed by atoms with E-state index < -0.39 is 0 Å². The molecule has 0 radical (unpaired) electrons. The van der Waals surface area contributed by atoms with Gasteiger partial charge in [-0.1, -0.05) is 42.5 Å². The summed E-state index contributed by atoms with van der Waals surface area (Å²) in [4.78, 5) is 20.7. The van der Waals surface area contributed by atoms with Crippen LogP contribution in [0.2, 0.25) is 0 Å². The molecule has 6 nitrogen and oxygen atoms in total. The van der Waals surface area contributed by atoms with E-state index in [-0.39, 0.29) is 11.6 Å². The van der Waals surface area contributed by atoms with Gasteiger partial charge in [-0.05, 0) is 24.6 Å². The highest BCUT2D eigenvalue weighted by Crippen LogP contribution is 2.24. The summed E-state index contributed by atoms with van der Waals surface area (Å²) in [7, 11) is 0. The number of carbonyl (C=O) groups is 1. The standard InChI is InChI=1S/C20H20N4O2/c1-2-26-18-11-7-6-10-16(18)24-20(25)17-12-19(23-14-22-17)21-13-15-8-4-3-5-9-15/h3-12,14H,2,13H2,1H3,(H,24,25)(H,21,22,23). The largest absolute Gasteiger partial charge is 0.492 e. The Morgan fingerprint density at radius 1 is 1.04 bits per heavy atom. The average molecular weight is 348 g/mol. The van der Waals surface area contributed by atoms with Crippen LogP contribution in [-0.4, -0.2) is 22.5 Å². The number of hydrogen-bond donors (Lipinski definition) is 2. The molecule has 132 valence electrons. The second-order valence-electron chi connectivity index (χ2n) is 5.51. The summed E-state index contributed by atoms with van der Waals surface area (Å²) >= 11 is 0. The van der Waals surface area contributed by atoms with Crippen molar-refractivity contribution < 1.29 is 9.53 Å². The summed E-state index contributed by atoms with van der Waals surface area (Å²) in [6, 6.07) is 18.9. The highest BCUT2D eigenvalue weighted by atomic mass is 16.5. The first-order valence-corrected chi connectivity index (χ1v) is 8.39. The Balaban J connectivity index is 1.68. The molecule has 6 heteroatoms. The number of aromatic nitrogens is 2. The van der Waals surface area contributed by atoms with Gasteiger partial charge in [-0.3, -0.25) is 4.79 Å². The van der Waals surface area contributed by atoms with Crippen LogP contribution in [0, 0.1) is 0 Å². The molecule has 3 aromatic rings. The molecule has 1 heterocycles. The lowest BCUT2D eigenvalue weighted by Gasteiger charge is -2.11. The Hall–Kier alpha value is -3.41. The summed E-state index contributed by atoms with van der Waals surface area (Å²) in [5.41, 5.74) is 2.02. The molecule has 0 spiro atoms. The molecule has 26 heavy (non-hydrogen) atoms.